The molecule has 0 saturated carbocycles. The minimum absolute atomic E-state index is 0.126. The van der Waals surface area contributed by atoms with Crippen LogP contribution < -0.4 is 10.1 Å². The van der Waals surface area contributed by atoms with E-state index < -0.39 is 17.3 Å². The lowest BCUT2D eigenvalue weighted by Crippen LogP contribution is -2.57. The molecule has 0 bridgehead atoms. The maximum Gasteiger partial charge on any atom is 0.337 e. The van der Waals surface area contributed by atoms with Crippen LogP contribution in [0.15, 0.2) is 24.0 Å². The van der Waals surface area contributed by atoms with Gasteiger partial charge < -0.3 is 19.5 Å². The van der Waals surface area contributed by atoms with Gasteiger partial charge in [0.25, 0.3) is 0 Å². The number of Topliss-reactive ketones (excluding diaryl/α,β-unsaturated/α-hetero) is 1. The molecule has 7 nitrogen and oxygen atoms in total. The molecular weight excluding hydrogens is 403 g/mol. The highest BCUT2D eigenvalue weighted by molar-refractivity contribution is 6.16. The summed E-state index contributed by atoms with van der Waals surface area (Å²) >= 11 is 0. The summed E-state index contributed by atoms with van der Waals surface area (Å²) in [7, 11) is 4.34. The van der Waals surface area contributed by atoms with Crippen LogP contribution in [0.4, 0.5) is 10.1 Å². The van der Waals surface area contributed by atoms with Crippen molar-refractivity contribution in [1.29, 1.82) is 0 Å². The van der Waals surface area contributed by atoms with Crippen molar-refractivity contribution in [3.63, 3.8) is 0 Å². The lowest BCUT2D eigenvalue weighted by atomic mass is 9.72. The van der Waals surface area contributed by atoms with Crippen molar-refractivity contribution in [3.05, 3.63) is 35.3 Å². The number of carbonyl (C=O) groups is 2. The third-order valence-corrected chi connectivity index (χ3v) is 7.22. The van der Waals surface area contributed by atoms with Gasteiger partial charge in [-0.25, -0.2) is 9.18 Å². The number of nitrogens with zero attached hydrogens (tertiary/aromatic N) is 1. The molecule has 4 rings (SSSR count). The Labute approximate surface area is 181 Å². The first kappa shape index (κ1) is 21.6. The third kappa shape index (κ3) is 3.19. The summed E-state index contributed by atoms with van der Waals surface area (Å²) in [4.78, 5) is 28.5. The Hall–Kier alpha value is -2.61. The second-order valence-corrected chi connectivity index (χ2v) is 8.50. The fraction of sp³-hybridized carbons (Fsp3) is 0.565. The summed E-state index contributed by atoms with van der Waals surface area (Å²) in [5, 5.41) is 3.26. The largest absolute Gasteiger partial charge is 0.504 e. The lowest BCUT2D eigenvalue weighted by molar-refractivity contribution is -0.137. The van der Waals surface area contributed by atoms with Crippen molar-refractivity contribution in [2.75, 3.05) is 39.7 Å². The molecule has 3 aliphatic rings. The Morgan fingerprint density at radius 2 is 2.13 bits per heavy atom. The molecule has 0 radical (unpaired) electrons. The summed E-state index contributed by atoms with van der Waals surface area (Å²) in [6.45, 7) is 3.57. The third-order valence-electron chi connectivity index (χ3n) is 7.22. The van der Waals surface area contributed by atoms with E-state index in [-0.39, 0.29) is 34.9 Å². The van der Waals surface area contributed by atoms with Crippen LogP contribution in [0.3, 0.4) is 0 Å². The van der Waals surface area contributed by atoms with Gasteiger partial charge in [-0.05, 0) is 36.8 Å². The molecule has 4 atom stereocenters. The second-order valence-electron chi connectivity index (χ2n) is 8.50. The van der Waals surface area contributed by atoms with Gasteiger partial charge in [0.2, 0.25) is 0 Å². The molecule has 0 aliphatic carbocycles. The fourth-order valence-electron chi connectivity index (χ4n) is 5.70. The van der Waals surface area contributed by atoms with Crippen molar-refractivity contribution in [1.82, 2.24) is 4.90 Å². The molecule has 0 aromatic heterocycles. The molecule has 31 heavy (non-hydrogen) atoms. The van der Waals surface area contributed by atoms with Gasteiger partial charge in [0.1, 0.15) is 17.1 Å². The topological polar surface area (TPSA) is 77.1 Å². The maximum atomic E-state index is 14.6. The average Bonchev–Trinajstić information content (AvgIpc) is 3.30. The van der Waals surface area contributed by atoms with Gasteiger partial charge in [-0.15, -0.1) is 0 Å². The minimum Gasteiger partial charge on any atom is -0.504 e. The van der Waals surface area contributed by atoms with Crippen LogP contribution in [0, 0.1) is 17.7 Å². The van der Waals surface area contributed by atoms with Crippen LogP contribution in [0.1, 0.15) is 36.5 Å². The quantitative estimate of drug-likeness (QED) is 0.435. The number of ketones is 1. The normalized spacial score (nSPS) is 30.0. The molecular formula is C23H29FN2O5. The molecule has 8 heteroatoms. The van der Waals surface area contributed by atoms with Gasteiger partial charge >= 0.3 is 5.97 Å². The number of nitrogens with one attached hydrogen (secondary N) is 1. The van der Waals surface area contributed by atoms with E-state index in [0.717, 1.165) is 19.5 Å². The smallest absolute Gasteiger partial charge is 0.337 e. The van der Waals surface area contributed by atoms with Crippen molar-refractivity contribution in [3.8, 4) is 5.75 Å². The SMILES string of the molecule is CC[C@@H]1CN2CC[C@]3(Nc4c(F)ccc(OC)c4C3=O)[C@@H]2C[C@@H]1/C(=C\OC)C(=O)OC. The number of hydrogen-bond donors (Lipinski definition) is 1. The highest BCUT2D eigenvalue weighted by Gasteiger charge is 2.60. The van der Waals surface area contributed by atoms with E-state index >= 15 is 0 Å². The zero-order chi connectivity index (χ0) is 22.3. The summed E-state index contributed by atoms with van der Waals surface area (Å²) < 4.78 is 30.2. The predicted octanol–water partition coefficient (Wildman–Crippen LogP) is 3.01. The van der Waals surface area contributed by atoms with Crippen LogP contribution in [0.5, 0.6) is 5.75 Å². The number of benzene rings is 1. The minimum atomic E-state index is -0.941. The Morgan fingerprint density at radius 1 is 1.35 bits per heavy atom. The summed E-state index contributed by atoms with van der Waals surface area (Å²) in [6.07, 6.45) is 3.47. The number of halogens is 1. The second kappa shape index (κ2) is 8.15. The number of ether oxygens (including phenoxy) is 3. The van der Waals surface area contributed by atoms with Crippen LogP contribution in [0.2, 0.25) is 0 Å². The number of carbonyl (C=O) groups excluding carboxylic acids is 2. The molecule has 3 heterocycles. The number of esters is 1. The number of piperidine rings is 1. The van der Waals surface area contributed by atoms with Gasteiger partial charge in [0.05, 0.1) is 44.4 Å². The first-order valence-corrected chi connectivity index (χ1v) is 10.7. The number of fused-ring (bicyclic) bond motifs is 3. The summed E-state index contributed by atoms with van der Waals surface area (Å²) in [5.74, 6) is -0.566. The van der Waals surface area contributed by atoms with E-state index in [2.05, 4.69) is 17.1 Å². The molecule has 0 unspecified atom stereocenters. The number of methoxy groups -OCH3 is 3. The van der Waals surface area contributed by atoms with Gasteiger partial charge in [0.15, 0.2) is 5.78 Å². The summed E-state index contributed by atoms with van der Waals surface area (Å²) in [5.41, 5.74) is 0.0219. The molecule has 1 spiro atoms. The van der Waals surface area contributed by atoms with Gasteiger partial charge in [-0.3, -0.25) is 9.69 Å². The molecule has 0 amide bonds. The van der Waals surface area contributed by atoms with Crippen molar-refractivity contribution >= 4 is 17.4 Å². The standard InChI is InChI=1S/C23H29FN2O5/c1-5-13-11-26-9-8-23(18(26)10-14(13)15(12-29-2)22(28)31-4)21(27)19-17(30-3)7-6-16(24)20(19)25-23/h6-7,12-14,18,25H,5,8-11H2,1-4H3/b15-12+/t13-,14+,18+,23+/m1/s1. The highest BCUT2D eigenvalue weighted by Crippen LogP contribution is 2.51. The highest BCUT2D eigenvalue weighted by atomic mass is 19.1. The van der Waals surface area contributed by atoms with Crippen LogP contribution >= 0.6 is 0 Å². The van der Waals surface area contributed by atoms with E-state index in [1.54, 1.807) is 0 Å². The molecule has 3 aliphatic heterocycles. The number of hydrogen-bond acceptors (Lipinski definition) is 7. The van der Waals surface area contributed by atoms with Crippen LogP contribution in [-0.2, 0) is 14.3 Å². The molecule has 1 N–H and O–H groups in total. The van der Waals surface area contributed by atoms with Crippen molar-refractivity contribution < 1.29 is 28.2 Å². The fourth-order valence-corrected chi connectivity index (χ4v) is 5.70. The zero-order valence-electron chi connectivity index (χ0n) is 18.4. The Kier molecular flexibility index (Phi) is 5.68. The van der Waals surface area contributed by atoms with Crippen molar-refractivity contribution in [2.24, 2.45) is 11.8 Å². The van der Waals surface area contributed by atoms with Gasteiger partial charge in [-0.2, -0.15) is 0 Å². The Balaban J connectivity index is 1.73. The zero-order valence-corrected chi connectivity index (χ0v) is 18.4. The van der Waals surface area contributed by atoms with Gasteiger partial charge in [-0.1, -0.05) is 13.3 Å². The van der Waals surface area contributed by atoms with E-state index in [4.69, 9.17) is 14.2 Å². The van der Waals surface area contributed by atoms with E-state index in [9.17, 15) is 14.0 Å². The Morgan fingerprint density at radius 3 is 2.77 bits per heavy atom. The number of rotatable bonds is 5. The molecule has 168 valence electrons. The molecule has 2 fully saturated rings. The average molecular weight is 432 g/mol. The van der Waals surface area contributed by atoms with Crippen LogP contribution in [0.25, 0.3) is 0 Å². The lowest BCUT2D eigenvalue weighted by Gasteiger charge is -2.45. The van der Waals surface area contributed by atoms with E-state index in [1.807, 2.05) is 0 Å². The van der Waals surface area contributed by atoms with Crippen LogP contribution in [-0.4, -0.2) is 62.7 Å². The molecule has 1 aromatic rings. The maximum absolute atomic E-state index is 14.6. The van der Waals surface area contributed by atoms with Gasteiger partial charge in [0, 0.05) is 19.1 Å². The van der Waals surface area contributed by atoms with Crippen molar-refractivity contribution in [2.45, 2.75) is 37.8 Å². The Bertz CT molecular complexity index is 933. The summed E-state index contributed by atoms with van der Waals surface area (Å²) in [6, 6.07) is 2.62. The van der Waals surface area contributed by atoms with E-state index in [0.29, 0.717) is 24.2 Å². The molecule has 1 aromatic carbocycles. The monoisotopic (exact) mass is 432 g/mol. The first-order valence-electron chi connectivity index (χ1n) is 10.7. The first-order chi connectivity index (χ1) is 14.9. The predicted molar refractivity (Wildman–Crippen MR) is 113 cm³/mol. The van der Waals surface area contributed by atoms with E-state index in [1.165, 1.54) is 39.7 Å². The molecule has 2 saturated heterocycles. The number of anilines is 1.